The Kier molecular flexibility index (Phi) is 7.34. The van der Waals surface area contributed by atoms with E-state index in [1.165, 1.54) is 45.5 Å². The van der Waals surface area contributed by atoms with E-state index in [2.05, 4.69) is 10.3 Å². The number of hydrogen-bond acceptors (Lipinski definition) is 7. The van der Waals surface area contributed by atoms with Crippen LogP contribution in [-0.4, -0.2) is 38.1 Å². The molecule has 11 heteroatoms. The number of carbonyl (C=O) groups is 1. The van der Waals surface area contributed by atoms with Gasteiger partial charge in [0.2, 0.25) is 11.8 Å². The zero-order valence-corrected chi connectivity index (χ0v) is 18.9. The van der Waals surface area contributed by atoms with E-state index in [-0.39, 0.29) is 16.4 Å². The monoisotopic (exact) mass is 472 g/mol. The summed E-state index contributed by atoms with van der Waals surface area (Å²) in [6.45, 7) is 0. The number of aromatic nitrogens is 2. The molecule has 0 spiro atoms. The van der Waals surface area contributed by atoms with E-state index in [0.717, 1.165) is 20.9 Å². The molecular formula is C22H21FN4O5S. The van der Waals surface area contributed by atoms with Crippen LogP contribution in [0.3, 0.4) is 0 Å². The summed E-state index contributed by atoms with van der Waals surface area (Å²) in [4.78, 5) is 41.8. The lowest BCUT2D eigenvalue weighted by Crippen LogP contribution is -2.39. The van der Waals surface area contributed by atoms with Crippen molar-refractivity contribution in [3.63, 3.8) is 0 Å². The van der Waals surface area contributed by atoms with E-state index >= 15 is 0 Å². The average Bonchev–Trinajstić information content (AvgIpc) is 2.82. The number of aromatic hydroxyl groups is 1. The second-order valence-corrected chi connectivity index (χ2v) is 7.83. The number of amides is 1. The van der Waals surface area contributed by atoms with Crippen molar-refractivity contribution >= 4 is 34.1 Å². The second kappa shape index (κ2) is 10.2. The van der Waals surface area contributed by atoms with Crippen molar-refractivity contribution in [2.45, 2.75) is 0 Å². The fourth-order valence-corrected chi connectivity index (χ4v) is 3.65. The number of benzene rings is 2. The molecule has 0 unspecified atom stereocenters. The van der Waals surface area contributed by atoms with E-state index in [9.17, 15) is 23.9 Å². The van der Waals surface area contributed by atoms with Crippen LogP contribution in [0.2, 0.25) is 0 Å². The quantitative estimate of drug-likeness (QED) is 0.421. The number of methoxy groups -OCH3 is 1. The van der Waals surface area contributed by atoms with E-state index in [1.54, 1.807) is 24.3 Å². The summed E-state index contributed by atoms with van der Waals surface area (Å²) in [5, 5.41) is 13.2. The smallest absolute Gasteiger partial charge is 0.333 e. The molecule has 2 N–H and O–H groups in total. The minimum absolute atomic E-state index is 0.0446. The first-order valence-corrected chi connectivity index (χ1v) is 10.6. The molecule has 1 aromatic heterocycles. The summed E-state index contributed by atoms with van der Waals surface area (Å²) in [6.07, 6.45) is 0. The fraction of sp³-hybridized carbons (Fsp3) is 0.182. The fourth-order valence-electron chi connectivity index (χ4n) is 2.82. The van der Waals surface area contributed by atoms with Gasteiger partial charge in [0.15, 0.2) is 0 Å². The van der Waals surface area contributed by atoms with Gasteiger partial charge in [-0.2, -0.15) is 0 Å². The number of nitrogens with one attached hydrogen (secondary N) is 1. The van der Waals surface area contributed by atoms with Crippen LogP contribution in [0.25, 0.3) is 0 Å². The highest BCUT2D eigenvalue weighted by Gasteiger charge is 2.22. The highest BCUT2D eigenvalue weighted by molar-refractivity contribution is 8.15. The van der Waals surface area contributed by atoms with Crippen molar-refractivity contribution in [2.24, 2.45) is 19.1 Å². The van der Waals surface area contributed by atoms with Gasteiger partial charge in [-0.1, -0.05) is 11.8 Å². The molecule has 3 aromatic rings. The van der Waals surface area contributed by atoms with Gasteiger partial charge < -0.3 is 15.2 Å². The Balaban J connectivity index is 1.97. The van der Waals surface area contributed by atoms with Gasteiger partial charge in [0.25, 0.3) is 5.56 Å². The number of thioether (sulfide) groups is 1. The predicted octanol–water partition coefficient (Wildman–Crippen LogP) is 2.39. The van der Waals surface area contributed by atoms with Gasteiger partial charge in [-0.05, 0) is 48.5 Å². The zero-order chi connectivity index (χ0) is 24.1. The first-order valence-electron chi connectivity index (χ1n) is 9.61. The van der Waals surface area contributed by atoms with Crippen LogP contribution < -0.4 is 21.3 Å². The maximum Gasteiger partial charge on any atom is 0.333 e. The number of carbonyl (C=O) groups excluding carboxylic acids is 1. The van der Waals surface area contributed by atoms with Crippen molar-refractivity contribution in [3.8, 4) is 11.6 Å². The molecule has 172 valence electrons. The topological polar surface area (TPSA) is 115 Å². The summed E-state index contributed by atoms with van der Waals surface area (Å²) in [7, 11) is 4.12. The standard InChI is InChI=1S/C22H21FN4O5S/c1-26-20(29)18(21(30)27(2)22(26)31)19(25-15-8-10-16(32-3)11-9-15)33-12-17(28)24-14-6-4-13(23)5-7-14/h4-11,29H,12H2,1-3H3,(H,24,28). The molecule has 0 radical (unpaired) electrons. The van der Waals surface area contributed by atoms with Gasteiger partial charge in [0, 0.05) is 19.8 Å². The van der Waals surface area contributed by atoms with Crippen LogP contribution >= 0.6 is 11.8 Å². The predicted molar refractivity (Wildman–Crippen MR) is 125 cm³/mol. The Morgan fingerprint density at radius 3 is 2.33 bits per heavy atom. The Morgan fingerprint density at radius 2 is 1.73 bits per heavy atom. The third-order valence-electron chi connectivity index (χ3n) is 4.62. The van der Waals surface area contributed by atoms with Crippen LogP contribution in [0.4, 0.5) is 15.8 Å². The summed E-state index contributed by atoms with van der Waals surface area (Å²) < 4.78 is 20.0. The Bertz CT molecular complexity index is 1310. The van der Waals surface area contributed by atoms with Crippen LogP contribution in [0.15, 0.2) is 63.1 Å². The van der Waals surface area contributed by atoms with Gasteiger partial charge in [0.1, 0.15) is 22.2 Å². The highest BCUT2D eigenvalue weighted by Crippen LogP contribution is 2.25. The number of nitrogens with zero attached hydrogens (tertiary/aromatic N) is 3. The van der Waals surface area contributed by atoms with Crippen molar-refractivity contribution in [2.75, 3.05) is 18.2 Å². The third-order valence-corrected chi connectivity index (χ3v) is 5.59. The highest BCUT2D eigenvalue weighted by atomic mass is 32.2. The Hall–Kier alpha value is -3.86. The molecule has 33 heavy (non-hydrogen) atoms. The van der Waals surface area contributed by atoms with Gasteiger partial charge >= 0.3 is 5.69 Å². The Labute approximate surface area is 192 Å². The minimum Gasteiger partial charge on any atom is -0.497 e. The molecule has 9 nitrogen and oxygen atoms in total. The molecule has 0 aliphatic rings. The van der Waals surface area contributed by atoms with Crippen LogP contribution in [0.5, 0.6) is 11.6 Å². The molecule has 1 heterocycles. The van der Waals surface area contributed by atoms with Crippen molar-refractivity contribution in [3.05, 3.63) is 80.7 Å². The molecular weight excluding hydrogens is 451 g/mol. The lowest BCUT2D eigenvalue weighted by Gasteiger charge is -2.12. The SMILES string of the molecule is COc1ccc(N=C(SCC(=O)Nc2ccc(F)cc2)c2c(O)n(C)c(=O)n(C)c2=O)cc1. The number of aliphatic imine (C=N–C) groups is 1. The summed E-state index contributed by atoms with van der Waals surface area (Å²) >= 11 is 0.905. The molecule has 0 aliphatic carbocycles. The largest absolute Gasteiger partial charge is 0.497 e. The number of hydrogen-bond donors (Lipinski definition) is 2. The zero-order valence-electron chi connectivity index (χ0n) is 18.0. The van der Waals surface area contributed by atoms with Crippen LogP contribution in [0.1, 0.15) is 5.56 Å². The van der Waals surface area contributed by atoms with Gasteiger partial charge in [-0.3, -0.25) is 18.7 Å². The van der Waals surface area contributed by atoms with Crippen molar-refractivity contribution in [1.29, 1.82) is 0 Å². The number of halogens is 1. The van der Waals surface area contributed by atoms with Crippen LogP contribution in [0, 0.1) is 5.82 Å². The molecule has 0 bridgehead atoms. The van der Waals surface area contributed by atoms with E-state index in [0.29, 0.717) is 17.1 Å². The van der Waals surface area contributed by atoms with Crippen molar-refractivity contribution in [1.82, 2.24) is 9.13 Å². The number of rotatable bonds is 6. The van der Waals surface area contributed by atoms with E-state index < -0.39 is 28.9 Å². The normalized spacial score (nSPS) is 11.3. The summed E-state index contributed by atoms with van der Waals surface area (Å²) in [5.41, 5.74) is -0.836. The third kappa shape index (κ3) is 5.50. The van der Waals surface area contributed by atoms with Crippen LogP contribution in [-0.2, 0) is 18.9 Å². The van der Waals surface area contributed by atoms with E-state index in [4.69, 9.17) is 4.74 Å². The Morgan fingerprint density at radius 1 is 1.09 bits per heavy atom. The van der Waals surface area contributed by atoms with Crippen molar-refractivity contribution < 1.29 is 19.0 Å². The minimum atomic E-state index is -0.755. The number of ether oxygens (including phenoxy) is 1. The van der Waals surface area contributed by atoms with Gasteiger partial charge in [-0.25, -0.2) is 14.2 Å². The average molecular weight is 472 g/mol. The molecule has 3 rings (SSSR count). The summed E-state index contributed by atoms with van der Waals surface area (Å²) in [6, 6.07) is 11.9. The molecule has 0 aliphatic heterocycles. The number of anilines is 1. The van der Waals surface area contributed by atoms with Gasteiger partial charge in [-0.15, -0.1) is 0 Å². The van der Waals surface area contributed by atoms with Gasteiger partial charge in [0.05, 0.1) is 18.6 Å². The second-order valence-electron chi connectivity index (χ2n) is 6.86. The molecule has 1 amide bonds. The molecule has 0 saturated carbocycles. The maximum atomic E-state index is 13.1. The molecule has 2 aromatic carbocycles. The molecule has 0 fully saturated rings. The summed E-state index contributed by atoms with van der Waals surface area (Å²) in [5.74, 6) is -1.00. The first-order chi connectivity index (χ1) is 15.7. The lowest BCUT2D eigenvalue weighted by molar-refractivity contribution is -0.113. The maximum absolute atomic E-state index is 13.1. The van der Waals surface area contributed by atoms with E-state index in [1.807, 2.05) is 0 Å². The molecule has 0 atom stereocenters. The molecule has 0 saturated heterocycles. The lowest BCUT2D eigenvalue weighted by atomic mass is 10.3. The first kappa shape index (κ1) is 23.8.